The largest absolute Gasteiger partial charge is 0.355 e. The van der Waals surface area contributed by atoms with Crippen LogP contribution in [0.5, 0.6) is 0 Å². The average Bonchev–Trinajstić information content (AvgIpc) is 2.44. The molecule has 3 N–H and O–H groups in total. The summed E-state index contributed by atoms with van der Waals surface area (Å²) in [5.74, 6) is 1.18. The van der Waals surface area contributed by atoms with Gasteiger partial charge in [-0.3, -0.25) is 4.79 Å². The third-order valence-corrected chi connectivity index (χ3v) is 6.13. The fourth-order valence-corrected chi connectivity index (χ4v) is 3.74. The summed E-state index contributed by atoms with van der Waals surface area (Å²) in [5.41, 5.74) is 6.01. The van der Waals surface area contributed by atoms with E-state index >= 15 is 0 Å². The Bertz CT molecular complexity index is 299. The Labute approximate surface area is 128 Å². The smallest absolute Gasteiger partial charge is 0.220 e. The van der Waals surface area contributed by atoms with Crippen molar-refractivity contribution in [2.24, 2.45) is 11.1 Å². The fourth-order valence-electron chi connectivity index (χ4n) is 2.78. The van der Waals surface area contributed by atoms with E-state index < -0.39 is 0 Å². The van der Waals surface area contributed by atoms with Crippen LogP contribution in [0.1, 0.15) is 65.7 Å². The monoisotopic (exact) mass is 300 g/mol. The highest BCUT2D eigenvalue weighted by atomic mass is 32.2. The first-order chi connectivity index (χ1) is 9.43. The summed E-state index contributed by atoms with van der Waals surface area (Å²) in [5, 5.41) is 3.07. The van der Waals surface area contributed by atoms with E-state index in [1.807, 2.05) is 11.8 Å². The number of rotatable bonds is 8. The number of thioether (sulfide) groups is 1. The molecule has 0 heterocycles. The molecule has 118 valence electrons. The molecule has 3 nitrogen and oxygen atoms in total. The molecule has 0 bridgehead atoms. The van der Waals surface area contributed by atoms with Gasteiger partial charge < -0.3 is 11.1 Å². The van der Waals surface area contributed by atoms with Crippen molar-refractivity contribution in [3.63, 3.8) is 0 Å². The molecule has 0 aromatic carbocycles. The molecule has 0 aromatic rings. The van der Waals surface area contributed by atoms with Crippen molar-refractivity contribution >= 4 is 17.7 Å². The van der Waals surface area contributed by atoms with Gasteiger partial charge in [0, 0.05) is 23.5 Å². The highest BCUT2D eigenvalue weighted by Gasteiger charge is 2.32. The van der Waals surface area contributed by atoms with Gasteiger partial charge in [-0.25, -0.2) is 0 Å². The van der Waals surface area contributed by atoms with Crippen LogP contribution < -0.4 is 11.1 Å². The van der Waals surface area contributed by atoms with Crippen LogP contribution in [0.4, 0.5) is 0 Å². The van der Waals surface area contributed by atoms with E-state index in [2.05, 4.69) is 26.1 Å². The average molecular weight is 301 g/mol. The van der Waals surface area contributed by atoms with Gasteiger partial charge in [-0.15, -0.1) is 0 Å². The van der Waals surface area contributed by atoms with Crippen LogP contribution in [0.25, 0.3) is 0 Å². The van der Waals surface area contributed by atoms with Crippen molar-refractivity contribution in [1.29, 1.82) is 0 Å². The van der Waals surface area contributed by atoms with Crippen molar-refractivity contribution in [2.45, 2.75) is 70.5 Å². The van der Waals surface area contributed by atoms with E-state index in [0.29, 0.717) is 17.7 Å². The molecule has 0 aliphatic heterocycles. The summed E-state index contributed by atoms with van der Waals surface area (Å²) in [7, 11) is 0. The molecular formula is C16H32N2OS. The molecule has 1 rings (SSSR count). The number of amides is 1. The first-order valence-corrected chi connectivity index (χ1v) is 9.02. The quantitative estimate of drug-likeness (QED) is 0.676. The maximum absolute atomic E-state index is 12.1. The van der Waals surface area contributed by atoms with Gasteiger partial charge in [0.1, 0.15) is 0 Å². The Hall–Kier alpha value is -0.220. The summed E-state index contributed by atoms with van der Waals surface area (Å²) in [6.07, 6.45) is 7.76. The Morgan fingerprint density at radius 2 is 1.95 bits per heavy atom. The van der Waals surface area contributed by atoms with E-state index in [1.165, 1.54) is 19.3 Å². The molecule has 0 radical (unpaired) electrons. The lowest BCUT2D eigenvalue weighted by atomic mass is 9.72. The van der Waals surface area contributed by atoms with Crippen molar-refractivity contribution in [2.75, 3.05) is 18.8 Å². The molecule has 1 aliphatic carbocycles. The zero-order valence-corrected chi connectivity index (χ0v) is 14.3. The highest BCUT2D eigenvalue weighted by molar-refractivity contribution is 8.00. The number of nitrogens with one attached hydrogen (secondary N) is 1. The zero-order valence-electron chi connectivity index (χ0n) is 13.5. The van der Waals surface area contributed by atoms with E-state index in [-0.39, 0.29) is 11.3 Å². The second-order valence-corrected chi connectivity index (χ2v) is 8.56. The molecule has 0 aromatic heterocycles. The molecule has 4 heteroatoms. The normalized spacial score (nSPS) is 18.8. The summed E-state index contributed by atoms with van der Waals surface area (Å²) >= 11 is 1.93. The van der Waals surface area contributed by atoms with Crippen molar-refractivity contribution < 1.29 is 4.79 Å². The van der Waals surface area contributed by atoms with E-state index in [1.54, 1.807) is 0 Å². The highest BCUT2D eigenvalue weighted by Crippen LogP contribution is 2.38. The van der Waals surface area contributed by atoms with Crippen LogP contribution >= 0.6 is 11.8 Å². The minimum Gasteiger partial charge on any atom is -0.355 e. The molecule has 1 amide bonds. The van der Waals surface area contributed by atoms with Gasteiger partial charge in [0.15, 0.2) is 0 Å². The van der Waals surface area contributed by atoms with Crippen LogP contribution in [0.15, 0.2) is 0 Å². The number of hydrogen-bond acceptors (Lipinski definition) is 3. The van der Waals surface area contributed by atoms with Gasteiger partial charge >= 0.3 is 0 Å². The predicted octanol–water partition coefficient (Wildman–Crippen LogP) is 3.32. The zero-order chi connectivity index (χ0) is 15.1. The molecule has 1 aliphatic rings. The molecule has 0 unspecified atom stereocenters. The summed E-state index contributed by atoms with van der Waals surface area (Å²) in [6, 6.07) is 0. The van der Waals surface area contributed by atoms with Gasteiger partial charge in [-0.2, -0.15) is 11.8 Å². The maximum atomic E-state index is 12.1. The third kappa shape index (κ3) is 6.04. The topological polar surface area (TPSA) is 55.1 Å². The standard InChI is InChI=1S/C16H32N2OS/c1-4-15(2,3)20-11-10-18-14(19)12-16(13-17)8-6-5-7-9-16/h4-13,17H2,1-3H3,(H,18,19). The molecule has 20 heavy (non-hydrogen) atoms. The van der Waals surface area contributed by atoms with E-state index in [0.717, 1.165) is 31.6 Å². The van der Waals surface area contributed by atoms with Gasteiger partial charge in [0.05, 0.1) is 0 Å². The van der Waals surface area contributed by atoms with Crippen LogP contribution in [-0.2, 0) is 4.79 Å². The SMILES string of the molecule is CCC(C)(C)SCCNC(=O)CC1(CN)CCCCC1. The first kappa shape index (κ1) is 17.8. The summed E-state index contributed by atoms with van der Waals surface area (Å²) < 4.78 is 0.312. The minimum atomic E-state index is 0.0815. The Morgan fingerprint density at radius 1 is 1.30 bits per heavy atom. The Balaban J connectivity index is 2.25. The van der Waals surface area contributed by atoms with Crippen molar-refractivity contribution in [1.82, 2.24) is 5.32 Å². The van der Waals surface area contributed by atoms with Gasteiger partial charge in [0.2, 0.25) is 5.91 Å². The summed E-state index contributed by atoms with van der Waals surface area (Å²) in [4.78, 5) is 12.1. The van der Waals surface area contributed by atoms with Crippen molar-refractivity contribution in [3.8, 4) is 0 Å². The molecule has 0 atom stereocenters. The van der Waals surface area contributed by atoms with Crippen LogP contribution in [0.2, 0.25) is 0 Å². The van der Waals surface area contributed by atoms with E-state index in [9.17, 15) is 4.79 Å². The van der Waals surface area contributed by atoms with Gasteiger partial charge in [-0.1, -0.05) is 40.0 Å². The predicted molar refractivity (Wildman–Crippen MR) is 89.0 cm³/mol. The second kappa shape index (κ2) is 8.28. The number of carbonyl (C=O) groups excluding carboxylic acids is 1. The molecule has 1 saturated carbocycles. The van der Waals surface area contributed by atoms with Crippen LogP contribution in [0.3, 0.4) is 0 Å². The number of carbonyl (C=O) groups is 1. The Kier molecular flexibility index (Phi) is 7.38. The Morgan fingerprint density at radius 3 is 2.50 bits per heavy atom. The molecule has 0 saturated heterocycles. The number of nitrogens with two attached hydrogens (primary N) is 1. The lowest BCUT2D eigenvalue weighted by molar-refractivity contribution is -0.123. The third-order valence-electron chi connectivity index (χ3n) is 4.65. The van der Waals surface area contributed by atoms with Crippen LogP contribution in [-0.4, -0.2) is 29.5 Å². The maximum Gasteiger partial charge on any atom is 0.220 e. The second-order valence-electron chi connectivity index (χ2n) is 6.75. The minimum absolute atomic E-state index is 0.0815. The lowest BCUT2D eigenvalue weighted by Crippen LogP contribution is -2.39. The molecule has 1 fully saturated rings. The van der Waals surface area contributed by atoms with E-state index in [4.69, 9.17) is 5.73 Å². The number of hydrogen-bond donors (Lipinski definition) is 2. The van der Waals surface area contributed by atoms with Crippen LogP contribution in [0, 0.1) is 5.41 Å². The first-order valence-electron chi connectivity index (χ1n) is 8.04. The van der Waals surface area contributed by atoms with Gasteiger partial charge in [0.25, 0.3) is 0 Å². The van der Waals surface area contributed by atoms with Crippen molar-refractivity contribution in [3.05, 3.63) is 0 Å². The summed E-state index contributed by atoms with van der Waals surface area (Å²) in [6.45, 7) is 8.14. The fraction of sp³-hybridized carbons (Fsp3) is 0.938. The lowest BCUT2D eigenvalue weighted by Gasteiger charge is -2.35. The molecular weight excluding hydrogens is 268 g/mol. The molecule has 0 spiro atoms. The van der Waals surface area contributed by atoms with Gasteiger partial charge in [-0.05, 0) is 31.2 Å².